The Kier molecular flexibility index (Phi) is 4.82. The molecule has 2 aromatic heterocycles. The van der Waals surface area contributed by atoms with Gasteiger partial charge in [0.15, 0.2) is 5.84 Å². The van der Waals surface area contributed by atoms with Gasteiger partial charge in [0.2, 0.25) is 5.69 Å². The van der Waals surface area contributed by atoms with Crippen molar-refractivity contribution < 1.29 is 19.0 Å². The van der Waals surface area contributed by atoms with E-state index in [1.807, 2.05) is 5.48 Å². The molecule has 11 heteroatoms. The van der Waals surface area contributed by atoms with E-state index < -0.39 is 5.82 Å². The van der Waals surface area contributed by atoms with Gasteiger partial charge in [-0.25, -0.2) is 19.0 Å². The Bertz CT molecular complexity index is 851. The van der Waals surface area contributed by atoms with Gasteiger partial charge in [0.1, 0.15) is 12.4 Å². The Labute approximate surface area is 142 Å². The number of halogens is 2. The van der Waals surface area contributed by atoms with Crippen molar-refractivity contribution in [2.45, 2.75) is 6.61 Å². The topological polar surface area (TPSA) is 121 Å². The highest BCUT2D eigenvalue weighted by Gasteiger charge is 2.18. The number of amidine groups is 1. The maximum atomic E-state index is 13.3. The van der Waals surface area contributed by atoms with Crippen LogP contribution in [0.4, 0.5) is 10.1 Å². The zero-order valence-corrected chi connectivity index (χ0v) is 13.5. The molecule has 0 fully saturated rings. The number of H-pyrrole nitrogens is 1. The van der Waals surface area contributed by atoms with E-state index in [-0.39, 0.29) is 28.5 Å². The molecular weight excluding hydrogens is 387 g/mol. The van der Waals surface area contributed by atoms with Gasteiger partial charge in [-0.3, -0.25) is 10.7 Å². The fourth-order valence-electron chi connectivity index (χ4n) is 1.74. The molecule has 3 aromatic rings. The first-order chi connectivity index (χ1) is 11.7. The number of hydrogen-bond acceptors (Lipinski definition) is 7. The predicted molar refractivity (Wildman–Crippen MR) is 82.4 cm³/mol. The Balaban J connectivity index is 1.84. The minimum atomic E-state index is -0.431. The van der Waals surface area contributed by atoms with Crippen LogP contribution < -0.4 is 10.2 Å². The van der Waals surface area contributed by atoms with Crippen LogP contribution >= 0.6 is 15.9 Å². The Morgan fingerprint density at radius 3 is 3.04 bits per heavy atom. The summed E-state index contributed by atoms with van der Waals surface area (Å²) in [6, 6.07) is 4.09. The lowest BCUT2D eigenvalue weighted by atomic mass is 10.3. The summed E-state index contributed by atoms with van der Waals surface area (Å²) < 4.78 is 23.6. The van der Waals surface area contributed by atoms with Gasteiger partial charge in [-0.05, 0) is 44.4 Å². The van der Waals surface area contributed by atoms with Gasteiger partial charge in [0, 0.05) is 0 Å². The van der Waals surface area contributed by atoms with Crippen LogP contribution in [0.1, 0.15) is 11.4 Å². The molecule has 3 N–H and O–H groups in total. The van der Waals surface area contributed by atoms with E-state index in [1.54, 1.807) is 6.20 Å². The molecule has 0 bridgehead atoms. The molecule has 124 valence electrons. The van der Waals surface area contributed by atoms with Gasteiger partial charge in [0.25, 0.3) is 5.88 Å². The second-order valence-electron chi connectivity index (χ2n) is 4.45. The highest BCUT2D eigenvalue weighted by Crippen LogP contribution is 2.23. The number of benzene rings is 1. The normalized spacial score (nSPS) is 11.5. The molecule has 0 saturated carbocycles. The van der Waals surface area contributed by atoms with Gasteiger partial charge in [-0.1, -0.05) is 0 Å². The predicted octanol–water partition coefficient (Wildman–Crippen LogP) is 2.33. The fourth-order valence-corrected chi connectivity index (χ4v) is 2.11. The largest absolute Gasteiger partial charge is 0.467 e. The second kappa shape index (κ2) is 7.19. The second-order valence-corrected chi connectivity index (χ2v) is 5.31. The van der Waals surface area contributed by atoms with E-state index in [0.717, 1.165) is 0 Å². The van der Waals surface area contributed by atoms with Gasteiger partial charge in [-0.2, -0.15) is 0 Å². The number of aliphatic imine (C=N–C) groups is 1. The minimum absolute atomic E-state index is 0.0195. The molecule has 0 radical (unpaired) electrons. The summed E-state index contributed by atoms with van der Waals surface area (Å²) in [5.74, 6) is -0.486. The van der Waals surface area contributed by atoms with Crippen molar-refractivity contribution in [1.82, 2.24) is 25.8 Å². The lowest BCUT2D eigenvalue weighted by Crippen LogP contribution is -2.21. The molecule has 0 saturated heterocycles. The van der Waals surface area contributed by atoms with E-state index in [1.165, 1.54) is 24.5 Å². The molecule has 0 aliphatic heterocycles. The van der Waals surface area contributed by atoms with Crippen LogP contribution in [0.25, 0.3) is 0 Å². The van der Waals surface area contributed by atoms with Gasteiger partial charge in [-0.15, -0.1) is 0 Å². The monoisotopic (exact) mass is 396 g/mol. The minimum Gasteiger partial charge on any atom is -0.467 e. The molecule has 3 rings (SSSR count). The number of aromatic nitrogens is 4. The zero-order valence-electron chi connectivity index (χ0n) is 11.9. The van der Waals surface area contributed by atoms with Crippen LogP contribution in [0.3, 0.4) is 0 Å². The number of imidazole rings is 1. The Hall–Kier alpha value is -2.79. The highest BCUT2D eigenvalue weighted by atomic mass is 79.9. The molecule has 1 aromatic carbocycles. The number of hydroxylamine groups is 1. The molecule has 2 heterocycles. The van der Waals surface area contributed by atoms with Crippen LogP contribution in [-0.4, -0.2) is 31.3 Å². The first-order valence-electron chi connectivity index (χ1n) is 6.54. The lowest BCUT2D eigenvalue weighted by Gasteiger charge is -2.04. The summed E-state index contributed by atoms with van der Waals surface area (Å²) in [6.07, 6.45) is 3.09. The molecule has 0 amide bonds. The van der Waals surface area contributed by atoms with Crippen LogP contribution in [0.5, 0.6) is 5.88 Å². The van der Waals surface area contributed by atoms with Gasteiger partial charge < -0.3 is 9.72 Å². The first kappa shape index (κ1) is 16.1. The maximum absolute atomic E-state index is 13.3. The Morgan fingerprint density at radius 2 is 2.33 bits per heavy atom. The molecule has 24 heavy (non-hydrogen) atoms. The summed E-state index contributed by atoms with van der Waals surface area (Å²) in [5, 5.41) is 16.6. The van der Waals surface area contributed by atoms with Crippen molar-refractivity contribution in [3.8, 4) is 5.88 Å². The van der Waals surface area contributed by atoms with Crippen molar-refractivity contribution in [1.29, 1.82) is 0 Å². The van der Waals surface area contributed by atoms with Crippen LogP contribution in [0.15, 0.2) is 44.8 Å². The van der Waals surface area contributed by atoms with E-state index >= 15 is 0 Å². The third-order valence-corrected chi connectivity index (χ3v) is 3.46. The average Bonchev–Trinajstić information content (AvgIpc) is 3.25. The van der Waals surface area contributed by atoms with Gasteiger partial charge >= 0.3 is 0 Å². The van der Waals surface area contributed by atoms with Crippen molar-refractivity contribution in [2.24, 2.45) is 4.99 Å². The molecular formula is C13H10BrFN6O3. The zero-order chi connectivity index (χ0) is 16.9. The quantitative estimate of drug-likeness (QED) is 0.343. The fraction of sp³-hybridized carbons (Fsp3) is 0.0769. The first-order valence-corrected chi connectivity index (χ1v) is 7.33. The van der Waals surface area contributed by atoms with Crippen LogP contribution in [0.2, 0.25) is 0 Å². The Morgan fingerprint density at radius 1 is 1.46 bits per heavy atom. The third-order valence-electron chi connectivity index (χ3n) is 2.85. The van der Waals surface area contributed by atoms with Crippen LogP contribution in [-0.2, 0) is 6.61 Å². The molecule has 9 nitrogen and oxygen atoms in total. The average molecular weight is 397 g/mol. The van der Waals surface area contributed by atoms with Crippen molar-refractivity contribution >= 4 is 27.5 Å². The maximum Gasteiger partial charge on any atom is 0.287 e. The van der Waals surface area contributed by atoms with Crippen molar-refractivity contribution in [3.63, 3.8) is 0 Å². The summed E-state index contributed by atoms with van der Waals surface area (Å²) in [5.41, 5.74) is 3.03. The SMILES string of the molecule is ONC(=Nc1ccc(F)c(Br)c1)c1nonc1OCc1cnc[nH]1. The molecule has 0 atom stereocenters. The molecule has 0 unspecified atom stereocenters. The standard InChI is InChI=1S/C13H10BrFN6O3/c14-9-3-7(1-2-10(9)15)18-12(19-22)11-13(21-24-20-11)23-5-8-4-16-6-17-8/h1-4,6,22H,5H2,(H,16,17)(H,18,19). The van der Waals surface area contributed by atoms with Gasteiger partial charge in [0.05, 0.1) is 28.4 Å². The number of ether oxygens (including phenoxy) is 1. The van der Waals surface area contributed by atoms with E-state index in [0.29, 0.717) is 11.4 Å². The molecule has 0 aliphatic rings. The van der Waals surface area contributed by atoms with Crippen molar-refractivity contribution in [3.05, 3.63) is 52.4 Å². The molecule has 0 spiro atoms. The van der Waals surface area contributed by atoms with E-state index in [2.05, 4.69) is 45.8 Å². The highest BCUT2D eigenvalue weighted by molar-refractivity contribution is 9.10. The smallest absolute Gasteiger partial charge is 0.287 e. The number of aromatic amines is 1. The lowest BCUT2D eigenvalue weighted by molar-refractivity contribution is 0.233. The van der Waals surface area contributed by atoms with E-state index in [4.69, 9.17) is 4.74 Å². The summed E-state index contributed by atoms with van der Waals surface area (Å²) >= 11 is 3.06. The van der Waals surface area contributed by atoms with E-state index in [9.17, 15) is 9.60 Å². The number of nitrogens with one attached hydrogen (secondary N) is 2. The van der Waals surface area contributed by atoms with Crippen molar-refractivity contribution in [2.75, 3.05) is 0 Å². The summed E-state index contributed by atoms with van der Waals surface area (Å²) in [4.78, 5) is 10.8. The third kappa shape index (κ3) is 3.58. The van der Waals surface area contributed by atoms with Crippen LogP contribution in [0, 0.1) is 5.82 Å². The summed E-state index contributed by atoms with van der Waals surface area (Å²) in [6.45, 7) is 0.141. The number of rotatable bonds is 5. The number of nitrogens with zero attached hydrogens (tertiary/aromatic N) is 4. The summed E-state index contributed by atoms with van der Waals surface area (Å²) in [7, 11) is 0. The number of hydrogen-bond donors (Lipinski definition) is 3. The molecule has 0 aliphatic carbocycles.